The smallest absolute Gasteiger partial charge is 0.253 e. The number of benzene rings is 1. The fourth-order valence-electron chi connectivity index (χ4n) is 3.71. The number of nitrogens with zero attached hydrogens (tertiary/aromatic N) is 2. The van der Waals surface area contributed by atoms with Gasteiger partial charge in [-0.15, -0.1) is 0 Å². The van der Waals surface area contributed by atoms with E-state index < -0.39 is 5.60 Å². The molecule has 5 nitrogen and oxygen atoms in total. The van der Waals surface area contributed by atoms with Crippen molar-refractivity contribution in [2.24, 2.45) is 0 Å². The van der Waals surface area contributed by atoms with E-state index in [4.69, 9.17) is 0 Å². The van der Waals surface area contributed by atoms with Crippen LogP contribution in [-0.2, 0) is 4.79 Å². The van der Waals surface area contributed by atoms with Crippen molar-refractivity contribution >= 4 is 11.8 Å². The molecule has 0 atom stereocenters. The molecule has 0 radical (unpaired) electrons. The maximum Gasteiger partial charge on any atom is 0.253 e. The van der Waals surface area contributed by atoms with Crippen molar-refractivity contribution in [2.45, 2.75) is 44.1 Å². The summed E-state index contributed by atoms with van der Waals surface area (Å²) in [5, 5.41) is 10.5. The normalized spacial score (nSPS) is 20.4. The van der Waals surface area contributed by atoms with Gasteiger partial charge in [-0.05, 0) is 37.1 Å². The number of carbonyl (C=O) groups is 2. The van der Waals surface area contributed by atoms with Crippen LogP contribution < -0.4 is 0 Å². The van der Waals surface area contributed by atoms with Gasteiger partial charge in [-0.2, -0.15) is 0 Å². The van der Waals surface area contributed by atoms with Gasteiger partial charge in [-0.3, -0.25) is 9.59 Å². The molecule has 1 saturated carbocycles. The molecule has 6 heteroatoms. The minimum atomic E-state index is -0.851. The maximum absolute atomic E-state index is 13.0. The number of aliphatic hydroxyl groups is 1. The van der Waals surface area contributed by atoms with Crippen LogP contribution in [-0.4, -0.2) is 58.5 Å². The Balaban J connectivity index is 1.51. The lowest BCUT2D eigenvalue weighted by atomic mass is 9.82. The summed E-state index contributed by atoms with van der Waals surface area (Å²) in [6.45, 7) is 1.87. The first-order valence-corrected chi connectivity index (χ1v) is 9.02. The third-order valence-electron chi connectivity index (χ3n) is 5.28. The Labute approximate surface area is 147 Å². The third kappa shape index (κ3) is 4.37. The Kier molecular flexibility index (Phi) is 5.37. The van der Waals surface area contributed by atoms with E-state index in [1.54, 1.807) is 9.80 Å². The average molecular weight is 348 g/mol. The Morgan fingerprint density at radius 2 is 1.52 bits per heavy atom. The van der Waals surface area contributed by atoms with E-state index in [1.165, 1.54) is 24.3 Å². The zero-order valence-electron chi connectivity index (χ0n) is 14.4. The van der Waals surface area contributed by atoms with Crippen LogP contribution in [0, 0.1) is 5.82 Å². The van der Waals surface area contributed by atoms with Crippen LogP contribution in [0.25, 0.3) is 0 Å². The summed E-state index contributed by atoms with van der Waals surface area (Å²) in [4.78, 5) is 28.3. The van der Waals surface area contributed by atoms with Crippen molar-refractivity contribution < 1.29 is 19.1 Å². The van der Waals surface area contributed by atoms with Gasteiger partial charge in [0.25, 0.3) is 5.91 Å². The third-order valence-corrected chi connectivity index (χ3v) is 5.28. The van der Waals surface area contributed by atoms with Gasteiger partial charge in [-0.25, -0.2) is 4.39 Å². The molecular formula is C19H25FN2O3. The topological polar surface area (TPSA) is 60.9 Å². The van der Waals surface area contributed by atoms with Crippen molar-refractivity contribution in [3.8, 4) is 0 Å². The molecule has 1 aliphatic carbocycles. The van der Waals surface area contributed by atoms with Gasteiger partial charge in [0, 0.05) is 31.7 Å². The molecule has 3 rings (SSSR count). The van der Waals surface area contributed by atoms with Crippen molar-refractivity contribution in [1.29, 1.82) is 0 Å². The van der Waals surface area contributed by atoms with E-state index in [2.05, 4.69) is 0 Å². The summed E-state index contributed by atoms with van der Waals surface area (Å²) in [6, 6.07) is 5.51. The molecule has 0 spiro atoms. The molecule has 1 aromatic carbocycles. The van der Waals surface area contributed by atoms with Gasteiger partial charge in [0.2, 0.25) is 5.91 Å². The SMILES string of the molecule is O=C(CC1(O)CCCCC1)N1CCN(C(=O)c2ccc(F)cc2)CC1. The lowest BCUT2D eigenvalue weighted by Gasteiger charge is -2.38. The van der Waals surface area contributed by atoms with Crippen molar-refractivity contribution in [3.05, 3.63) is 35.6 Å². The number of rotatable bonds is 3. The minimum absolute atomic E-state index is 0.0294. The predicted octanol–water partition coefficient (Wildman–Crippen LogP) is 2.20. The van der Waals surface area contributed by atoms with Gasteiger partial charge in [0.05, 0.1) is 12.0 Å². The molecule has 0 bridgehead atoms. The van der Waals surface area contributed by atoms with E-state index in [1.807, 2.05) is 0 Å². The highest BCUT2D eigenvalue weighted by Crippen LogP contribution is 2.31. The summed E-state index contributed by atoms with van der Waals surface area (Å²) in [6.07, 6.45) is 4.65. The summed E-state index contributed by atoms with van der Waals surface area (Å²) in [5.74, 6) is -0.538. The first-order chi connectivity index (χ1) is 12.0. The predicted molar refractivity (Wildman–Crippen MR) is 91.5 cm³/mol. The van der Waals surface area contributed by atoms with Crippen molar-refractivity contribution in [2.75, 3.05) is 26.2 Å². The lowest BCUT2D eigenvalue weighted by Crippen LogP contribution is -2.52. The second-order valence-corrected chi connectivity index (χ2v) is 7.14. The number of hydrogen-bond donors (Lipinski definition) is 1. The van der Waals surface area contributed by atoms with Crippen LogP contribution in [0.5, 0.6) is 0 Å². The van der Waals surface area contributed by atoms with Crippen LogP contribution in [0.3, 0.4) is 0 Å². The van der Waals surface area contributed by atoms with Crippen molar-refractivity contribution in [1.82, 2.24) is 9.80 Å². The van der Waals surface area contributed by atoms with E-state index >= 15 is 0 Å². The summed E-state index contributed by atoms with van der Waals surface area (Å²) in [7, 11) is 0. The Morgan fingerprint density at radius 3 is 2.12 bits per heavy atom. The molecule has 0 unspecified atom stereocenters. The first-order valence-electron chi connectivity index (χ1n) is 9.02. The Morgan fingerprint density at radius 1 is 0.960 bits per heavy atom. The van der Waals surface area contributed by atoms with Gasteiger partial charge in [-0.1, -0.05) is 19.3 Å². The summed E-state index contributed by atoms with van der Waals surface area (Å²) >= 11 is 0. The highest BCUT2D eigenvalue weighted by atomic mass is 19.1. The second kappa shape index (κ2) is 7.52. The van der Waals surface area contributed by atoms with Crippen molar-refractivity contribution in [3.63, 3.8) is 0 Å². The number of piperazine rings is 1. The Bertz CT molecular complexity index is 618. The molecule has 2 fully saturated rings. The van der Waals surface area contributed by atoms with Gasteiger partial charge in [0.15, 0.2) is 0 Å². The molecule has 2 amide bonds. The molecule has 1 aromatic rings. The van der Waals surface area contributed by atoms with Crippen LogP contribution >= 0.6 is 0 Å². The van der Waals surface area contributed by atoms with E-state index in [0.29, 0.717) is 44.6 Å². The number of hydrogen-bond acceptors (Lipinski definition) is 3. The Hall–Kier alpha value is -1.95. The molecular weight excluding hydrogens is 323 g/mol. The number of halogens is 1. The molecule has 1 saturated heterocycles. The molecule has 2 aliphatic rings. The van der Waals surface area contributed by atoms with Crippen LogP contribution in [0.4, 0.5) is 4.39 Å². The lowest BCUT2D eigenvalue weighted by molar-refractivity contribution is -0.139. The highest BCUT2D eigenvalue weighted by Gasteiger charge is 2.34. The second-order valence-electron chi connectivity index (χ2n) is 7.14. The standard InChI is InChI=1S/C19H25FN2O3/c20-16-6-4-15(5-7-16)18(24)22-12-10-21(11-13-22)17(23)14-19(25)8-2-1-3-9-19/h4-7,25H,1-3,8-14H2. The summed E-state index contributed by atoms with van der Waals surface area (Å²) in [5.41, 5.74) is -0.395. The zero-order chi connectivity index (χ0) is 17.9. The fraction of sp³-hybridized carbons (Fsp3) is 0.579. The molecule has 1 heterocycles. The molecule has 1 aliphatic heterocycles. The van der Waals surface area contributed by atoms with Gasteiger partial charge >= 0.3 is 0 Å². The largest absolute Gasteiger partial charge is 0.389 e. The van der Waals surface area contributed by atoms with E-state index in [-0.39, 0.29) is 24.1 Å². The molecule has 136 valence electrons. The van der Waals surface area contributed by atoms with E-state index in [9.17, 15) is 19.1 Å². The van der Waals surface area contributed by atoms with Crippen LogP contribution in [0.1, 0.15) is 48.9 Å². The number of amides is 2. The van der Waals surface area contributed by atoms with Gasteiger partial charge < -0.3 is 14.9 Å². The number of carbonyl (C=O) groups excluding carboxylic acids is 2. The van der Waals surface area contributed by atoms with Crippen LogP contribution in [0.2, 0.25) is 0 Å². The zero-order valence-corrected chi connectivity index (χ0v) is 14.4. The van der Waals surface area contributed by atoms with Crippen LogP contribution in [0.15, 0.2) is 24.3 Å². The minimum Gasteiger partial charge on any atom is -0.389 e. The molecule has 25 heavy (non-hydrogen) atoms. The quantitative estimate of drug-likeness (QED) is 0.911. The van der Waals surface area contributed by atoms with Gasteiger partial charge in [0.1, 0.15) is 5.82 Å². The monoisotopic (exact) mass is 348 g/mol. The fourth-order valence-corrected chi connectivity index (χ4v) is 3.71. The van der Waals surface area contributed by atoms with E-state index in [0.717, 1.165) is 19.3 Å². The average Bonchev–Trinajstić information content (AvgIpc) is 2.62. The maximum atomic E-state index is 13.0. The molecule has 1 N–H and O–H groups in total. The highest BCUT2D eigenvalue weighted by molar-refractivity contribution is 5.94. The summed E-state index contributed by atoms with van der Waals surface area (Å²) < 4.78 is 13.0. The first kappa shape index (κ1) is 17.9. The molecule has 0 aromatic heterocycles.